The molecule has 3 heterocycles. The van der Waals surface area contributed by atoms with Gasteiger partial charge in [-0.05, 0) is 122 Å². The summed E-state index contributed by atoms with van der Waals surface area (Å²) in [4.78, 5) is 0. The van der Waals surface area contributed by atoms with Crippen LogP contribution in [0.4, 0.5) is 0 Å². The molecule has 5 heteroatoms. The molecule has 256 valence electrons. The van der Waals surface area contributed by atoms with Gasteiger partial charge in [0.15, 0.2) is 0 Å². The molecular weight excluding hydrogens is 647 g/mol. The lowest BCUT2D eigenvalue weighted by Crippen LogP contribution is -2.41. The van der Waals surface area contributed by atoms with E-state index in [-0.39, 0.29) is 0 Å². The fraction of sp³-hybridized carbons (Fsp3) is 0.125. The monoisotopic (exact) mass is 686 g/mol. The lowest BCUT2D eigenvalue weighted by atomic mass is 9.76. The van der Waals surface area contributed by atoms with Crippen LogP contribution in [0.3, 0.4) is 0 Å². The van der Waals surface area contributed by atoms with Gasteiger partial charge in [0, 0.05) is 32.9 Å². The number of hydrogen-bond donors (Lipinski definition) is 0. The van der Waals surface area contributed by atoms with Gasteiger partial charge in [-0.1, -0.05) is 97.1 Å². The molecule has 1 saturated heterocycles. The zero-order chi connectivity index (χ0) is 35.9. The Morgan fingerprint density at radius 2 is 0.774 bits per heavy atom. The van der Waals surface area contributed by atoms with Gasteiger partial charge in [0.2, 0.25) is 0 Å². The molecule has 0 saturated carbocycles. The van der Waals surface area contributed by atoms with E-state index in [1.165, 1.54) is 43.6 Å². The van der Waals surface area contributed by atoms with Crippen molar-refractivity contribution in [3.05, 3.63) is 164 Å². The van der Waals surface area contributed by atoms with E-state index >= 15 is 0 Å². The molecule has 0 bridgehead atoms. The van der Waals surface area contributed by atoms with Crippen LogP contribution in [-0.2, 0) is 9.31 Å². The van der Waals surface area contributed by atoms with Crippen LogP contribution in [0, 0.1) is 0 Å². The second-order valence-electron chi connectivity index (χ2n) is 15.3. The molecule has 10 rings (SSSR count). The number of para-hydroxylation sites is 4. The van der Waals surface area contributed by atoms with E-state index in [0.717, 1.165) is 39.1 Å². The van der Waals surface area contributed by atoms with Crippen molar-refractivity contribution in [2.45, 2.75) is 38.9 Å². The van der Waals surface area contributed by atoms with Gasteiger partial charge in [-0.15, -0.1) is 0 Å². The summed E-state index contributed by atoms with van der Waals surface area (Å²) in [6.07, 6.45) is 0. The minimum absolute atomic E-state index is 0.454. The summed E-state index contributed by atoms with van der Waals surface area (Å²) in [6, 6.07) is 59.2. The average molecular weight is 687 g/mol. The van der Waals surface area contributed by atoms with E-state index in [0.29, 0.717) is 0 Å². The Kier molecular flexibility index (Phi) is 7.10. The van der Waals surface area contributed by atoms with Gasteiger partial charge in [0.25, 0.3) is 0 Å². The summed E-state index contributed by atoms with van der Waals surface area (Å²) in [6.45, 7) is 8.46. The van der Waals surface area contributed by atoms with Crippen molar-refractivity contribution in [1.29, 1.82) is 0 Å². The van der Waals surface area contributed by atoms with E-state index in [1.54, 1.807) is 0 Å². The molecule has 0 radical (unpaired) electrons. The zero-order valence-corrected chi connectivity index (χ0v) is 30.4. The minimum atomic E-state index is -0.494. The fourth-order valence-corrected chi connectivity index (χ4v) is 8.12. The Bertz CT molecular complexity index is 2660. The molecule has 0 amide bonds. The Morgan fingerprint density at radius 3 is 1.23 bits per heavy atom. The second-order valence-corrected chi connectivity index (χ2v) is 15.3. The Morgan fingerprint density at radius 1 is 0.377 bits per heavy atom. The standard InChI is InChI=1S/C48H39BN2O2/c1-47(2)48(3,4)53-49(52-47)36-28-34(32-23-25-45-41(30-32)39-19-11-13-21-43(39)50(45)37-15-7-5-8-16-37)27-35(29-36)33-24-26-46-42(31-33)40-20-12-14-22-44(40)51(46)38-17-9-6-10-18-38/h5-31H,1-4H3. The van der Waals surface area contributed by atoms with Crippen LogP contribution in [0.1, 0.15) is 27.7 Å². The largest absolute Gasteiger partial charge is 0.494 e. The van der Waals surface area contributed by atoms with Crippen molar-refractivity contribution < 1.29 is 9.31 Å². The normalized spacial score (nSPS) is 15.3. The number of fused-ring (bicyclic) bond motifs is 6. The van der Waals surface area contributed by atoms with E-state index in [9.17, 15) is 0 Å². The quantitative estimate of drug-likeness (QED) is 0.169. The van der Waals surface area contributed by atoms with E-state index in [4.69, 9.17) is 9.31 Å². The smallest absolute Gasteiger partial charge is 0.399 e. The molecule has 9 aromatic rings. The molecule has 1 fully saturated rings. The van der Waals surface area contributed by atoms with Gasteiger partial charge in [-0.3, -0.25) is 0 Å². The maximum absolute atomic E-state index is 6.66. The molecule has 1 aliphatic heterocycles. The van der Waals surface area contributed by atoms with Crippen LogP contribution in [0.2, 0.25) is 0 Å². The summed E-state index contributed by atoms with van der Waals surface area (Å²) in [5.41, 5.74) is 11.7. The Labute approximate surface area is 310 Å². The van der Waals surface area contributed by atoms with Crippen LogP contribution < -0.4 is 5.46 Å². The summed E-state index contributed by atoms with van der Waals surface area (Å²) >= 11 is 0. The third-order valence-corrected chi connectivity index (χ3v) is 11.5. The van der Waals surface area contributed by atoms with Gasteiger partial charge in [0.1, 0.15) is 0 Å². The van der Waals surface area contributed by atoms with Gasteiger partial charge >= 0.3 is 7.12 Å². The number of rotatable bonds is 5. The SMILES string of the molecule is CC1(C)OB(c2cc(-c3ccc4c(c3)c3ccccc3n4-c3ccccc3)cc(-c3ccc4c(c3)c3ccccc3n4-c3ccccc3)c2)OC1(C)C. The summed E-state index contributed by atoms with van der Waals surface area (Å²) < 4.78 is 18.1. The number of nitrogens with zero attached hydrogens (tertiary/aromatic N) is 2. The van der Waals surface area contributed by atoms with Gasteiger partial charge in [-0.2, -0.15) is 0 Å². The molecular formula is C48H39BN2O2. The average Bonchev–Trinajstić information content (AvgIpc) is 3.78. The maximum atomic E-state index is 6.66. The highest BCUT2D eigenvalue weighted by atomic mass is 16.7. The highest BCUT2D eigenvalue weighted by Crippen LogP contribution is 2.40. The van der Waals surface area contributed by atoms with E-state index in [2.05, 4.69) is 201 Å². The molecule has 0 atom stereocenters. The number of benzene rings is 7. The zero-order valence-electron chi connectivity index (χ0n) is 30.4. The van der Waals surface area contributed by atoms with Crippen molar-refractivity contribution in [3.8, 4) is 33.6 Å². The third kappa shape index (κ3) is 5.07. The van der Waals surface area contributed by atoms with Crippen LogP contribution >= 0.6 is 0 Å². The van der Waals surface area contributed by atoms with Gasteiger partial charge < -0.3 is 18.4 Å². The Balaban J connectivity index is 1.17. The number of hydrogen-bond acceptors (Lipinski definition) is 2. The molecule has 7 aromatic carbocycles. The summed E-state index contributed by atoms with van der Waals surface area (Å²) in [7, 11) is -0.494. The van der Waals surface area contributed by atoms with Crippen LogP contribution in [-0.4, -0.2) is 27.5 Å². The predicted octanol–water partition coefficient (Wildman–Crippen LogP) is 11.5. The maximum Gasteiger partial charge on any atom is 0.494 e. The van der Waals surface area contributed by atoms with E-state index < -0.39 is 18.3 Å². The fourth-order valence-electron chi connectivity index (χ4n) is 8.12. The van der Waals surface area contributed by atoms with Gasteiger partial charge in [0.05, 0.1) is 33.3 Å². The van der Waals surface area contributed by atoms with Crippen LogP contribution in [0.5, 0.6) is 0 Å². The summed E-state index contributed by atoms with van der Waals surface area (Å²) in [5.74, 6) is 0. The second kappa shape index (κ2) is 11.8. The van der Waals surface area contributed by atoms with Gasteiger partial charge in [-0.25, -0.2) is 0 Å². The first-order valence-electron chi connectivity index (χ1n) is 18.4. The minimum Gasteiger partial charge on any atom is -0.399 e. The number of aromatic nitrogens is 2. The van der Waals surface area contributed by atoms with Crippen molar-refractivity contribution in [1.82, 2.24) is 9.13 Å². The van der Waals surface area contributed by atoms with Crippen molar-refractivity contribution in [2.24, 2.45) is 0 Å². The highest BCUT2D eigenvalue weighted by Gasteiger charge is 2.51. The molecule has 53 heavy (non-hydrogen) atoms. The van der Waals surface area contributed by atoms with Crippen molar-refractivity contribution in [2.75, 3.05) is 0 Å². The predicted molar refractivity (Wildman–Crippen MR) is 222 cm³/mol. The topological polar surface area (TPSA) is 28.3 Å². The summed E-state index contributed by atoms with van der Waals surface area (Å²) in [5, 5.41) is 4.91. The van der Waals surface area contributed by atoms with Crippen molar-refractivity contribution >= 4 is 56.2 Å². The molecule has 0 spiro atoms. The lowest BCUT2D eigenvalue weighted by Gasteiger charge is -2.32. The first kappa shape index (κ1) is 31.8. The van der Waals surface area contributed by atoms with Crippen LogP contribution in [0.15, 0.2) is 164 Å². The third-order valence-electron chi connectivity index (χ3n) is 11.5. The molecule has 2 aromatic heterocycles. The molecule has 0 aliphatic carbocycles. The molecule has 4 nitrogen and oxygen atoms in total. The first-order chi connectivity index (χ1) is 25.8. The van der Waals surface area contributed by atoms with Crippen LogP contribution in [0.25, 0.3) is 77.2 Å². The first-order valence-corrected chi connectivity index (χ1v) is 18.4. The molecule has 0 unspecified atom stereocenters. The Hall–Kier alpha value is -5.88. The van der Waals surface area contributed by atoms with Crippen molar-refractivity contribution in [3.63, 3.8) is 0 Å². The van der Waals surface area contributed by atoms with E-state index in [1.807, 2.05) is 0 Å². The highest BCUT2D eigenvalue weighted by molar-refractivity contribution is 6.62. The molecule has 1 aliphatic rings. The lowest BCUT2D eigenvalue weighted by molar-refractivity contribution is 0.00578. The molecule has 0 N–H and O–H groups in total.